The molecule has 58 heavy (non-hydrogen) atoms. The summed E-state index contributed by atoms with van der Waals surface area (Å²) >= 11 is 0. The highest BCUT2D eigenvalue weighted by atomic mass is 19.4. The van der Waals surface area contributed by atoms with Crippen molar-refractivity contribution in [3.05, 3.63) is 118 Å². The highest BCUT2D eigenvalue weighted by Crippen LogP contribution is 2.35. The third kappa shape index (κ3) is 11.4. The number of nitrogens with zero attached hydrogens (tertiary/aromatic N) is 5. The lowest BCUT2D eigenvalue weighted by atomic mass is 9.83. The van der Waals surface area contributed by atoms with Crippen molar-refractivity contribution in [1.29, 1.82) is 0 Å². The molecule has 2 aliphatic rings. The minimum Gasteiger partial charge on any atom is -0.445 e. The molecule has 15 nitrogen and oxygen atoms in total. The number of hydrogen-bond acceptors (Lipinski definition) is 10. The number of azide groups is 1. The Kier molecular flexibility index (Phi) is 15.3. The fourth-order valence-corrected chi connectivity index (χ4v) is 7.20. The zero-order valence-electron chi connectivity index (χ0n) is 32.2. The van der Waals surface area contributed by atoms with Crippen LogP contribution in [-0.2, 0) is 41.7 Å². The second kappa shape index (κ2) is 20.3. The maximum absolute atomic E-state index is 14.0. The van der Waals surface area contributed by atoms with Crippen molar-refractivity contribution in [2.24, 2.45) is 5.11 Å². The topological polar surface area (TPSA) is 185 Å². The van der Waals surface area contributed by atoms with E-state index >= 15 is 0 Å². The van der Waals surface area contributed by atoms with E-state index in [0.717, 1.165) is 10.5 Å². The Hall–Kier alpha value is -5.39. The zero-order chi connectivity index (χ0) is 41.8. The molecule has 2 fully saturated rings. The largest absolute Gasteiger partial charge is 0.471 e. The maximum atomic E-state index is 14.0. The van der Waals surface area contributed by atoms with Gasteiger partial charge in [-0.3, -0.25) is 4.79 Å². The van der Waals surface area contributed by atoms with E-state index in [0.29, 0.717) is 16.0 Å². The summed E-state index contributed by atoms with van der Waals surface area (Å²) in [7, 11) is 2.76. The van der Waals surface area contributed by atoms with Gasteiger partial charge in [0.15, 0.2) is 6.29 Å². The Labute approximate surface area is 333 Å². The van der Waals surface area contributed by atoms with E-state index in [1.54, 1.807) is 84.9 Å². The van der Waals surface area contributed by atoms with Gasteiger partial charge in [0.2, 0.25) is 0 Å². The number of alkyl halides is 3. The Morgan fingerprint density at radius 1 is 0.966 bits per heavy atom. The number of aliphatic hydroxyl groups is 1. The van der Waals surface area contributed by atoms with Crippen LogP contribution < -0.4 is 5.32 Å². The van der Waals surface area contributed by atoms with Crippen LogP contribution >= 0.6 is 0 Å². The van der Waals surface area contributed by atoms with Gasteiger partial charge in [0.25, 0.3) is 0 Å². The molecule has 1 aliphatic heterocycles. The van der Waals surface area contributed by atoms with Crippen molar-refractivity contribution in [1.82, 2.24) is 15.1 Å². The number of rotatable bonds is 14. The summed E-state index contributed by atoms with van der Waals surface area (Å²) in [6.45, 7) is 0.817. The van der Waals surface area contributed by atoms with Crippen LogP contribution in [0.2, 0.25) is 0 Å². The molecule has 3 aromatic carbocycles. The molecule has 1 saturated heterocycles. The molecule has 312 valence electrons. The fourth-order valence-electron chi connectivity index (χ4n) is 7.20. The standard InChI is InChI=1S/C40H47F3N6O9/c1-25(28-17-11-6-12-18-28)49(37(51)40(41,42)43)22-29-19-20-30(45-38(52)55-23-26-13-7-4-8-14-26)36(57-29)58-35-31(46-47-44)21-32(54-3)33(34(35)50)48(2)39(53)56-24-27-15-9-5-10-16-27/h4-18,25,29-36,50H,19-24H2,1-3H3,(H,45,52)/t25-,29+,30-,31+,32+,33-,34-,35-,36-/m1/s1. The molecule has 3 aromatic rings. The lowest BCUT2D eigenvalue weighted by molar-refractivity contribution is -0.260. The average molecular weight is 813 g/mol. The molecule has 0 aromatic heterocycles. The van der Waals surface area contributed by atoms with E-state index in [-0.39, 0.29) is 32.5 Å². The summed E-state index contributed by atoms with van der Waals surface area (Å²) in [4.78, 5) is 44.0. The van der Waals surface area contributed by atoms with Crippen LogP contribution in [0.25, 0.3) is 10.4 Å². The van der Waals surface area contributed by atoms with E-state index in [4.69, 9.17) is 23.7 Å². The van der Waals surface area contributed by atoms with Crippen LogP contribution in [0.15, 0.2) is 96.1 Å². The quantitative estimate of drug-likeness (QED) is 0.105. The van der Waals surface area contributed by atoms with Gasteiger partial charge in [0.05, 0.1) is 42.5 Å². The Morgan fingerprint density at radius 2 is 1.55 bits per heavy atom. The number of carbonyl (C=O) groups is 3. The highest BCUT2D eigenvalue weighted by Gasteiger charge is 2.51. The molecule has 3 amide bonds. The van der Waals surface area contributed by atoms with Gasteiger partial charge in [0.1, 0.15) is 19.3 Å². The van der Waals surface area contributed by atoms with Gasteiger partial charge >= 0.3 is 24.3 Å². The number of carbonyl (C=O) groups excluding carboxylic acids is 3. The molecular formula is C40H47F3N6O9. The van der Waals surface area contributed by atoms with Crippen molar-refractivity contribution < 1.29 is 56.3 Å². The Morgan fingerprint density at radius 3 is 2.12 bits per heavy atom. The van der Waals surface area contributed by atoms with E-state index in [1.165, 1.54) is 21.1 Å². The van der Waals surface area contributed by atoms with Crippen LogP contribution in [0.1, 0.15) is 48.9 Å². The molecule has 1 aliphatic carbocycles. The number of amides is 3. The van der Waals surface area contributed by atoms with Crippen LogP contribution in [0.3, 0.4) is 0 Å². The second-order valence-corrected chi connectivity index (χ2v) is 14.1. The van der Waals surface area contributed by atoms with E-state index < -0.39 is 85.7 Å². The molecule has 0 bridgehead atoms. The van der Waals surface area contributed by atoms with Crippen molar-refractivity contribution >= 4 is 18.1 Å². The minimum atomic E-state index is -5.20. The molecule has 9 atom stereocenters. The van der Waals surface area contributed by atoms with Gasteiger partial charge in [-0.2, -0.15) is 13.2 Å². The number of likely N-dealkylation sites (N-methyl/N-ethyl adjacent to an activating group) is 1. The maximum Gasteiger partial charge on any atom is 0.471 e. The van der Waals surface area contributed by atoms with Gasteiger partial charge < -0.3 is 43.9 Å². The van der Waals surface area contributed by atoms with E-state index in [9.17, 15) is 38.2 Å². The molecule has 18 heteroatoms. The normalized spacial score (nSPS) is 25.0. The summed E-state index contributed by atoms with van der Waals surface area (Å²) < 4.78 is 71.2. The number of halogens is 3. The predicted octanol–water partition coefficient (Wildman–Crippen LogP) is 6.42. The molecule has 2 N–H and O–H groups in total. The Balaban J connectivity index is 1.40. The molecule has 0 radical (unpaired) electrons. The predicted molar refractivity (Wildman–Crippen MR) is 201 cm³/mol. The lowest BCUT2D eigenvalue weighted by Gasteiger charge is -2.48. The summed E-state index contributed by atoms with van der Waals surface area (Å²) in [5.41, 5.74) is 11.4. The van der Waals surface area contributed by atoms with Crippen LogP contribution in [0.4, 0.5) is 22.8 Å². The number of nitrogens with one attached hydrogen (secondary N) is 1. The van der Waals surface area contributed by atoms with Crippen LogP contribution in [0, 0.1) is 0 Å². The first-order valence-corrected chi connectivity index (χ1v) is 18.7. The first-order valence-electron chi connectivity index (χ1n) is 18.7. The highest BCUT2D eigenvalue weighted by molar-refractivity contribution is 5.82. The zero-order valence-corrected chi connectivity index (χ0v) is 32.2. The van der Waals surface area contributed by atoms with Crippen molar-refractivity contribution in [3.8, 4) is 0 Å². The first-order chi connectivity index (χ1) is 27.8. The summed E-state index contributed by atoms with van der Waals surface area (Å²) in [6, 6.07) is 21.8. The summed E-state index contributed by atoms with van der Waals surface area (Å²) in [6.07, 6.45) is -13.2. The SMILES string of the molecule is CO[C@H]1C[C@H](N=[N+]=[N-])[C@@H](O[C@H]2O[C@H](CN(C(=O)C(F)(F)F)[C@H](C)c3ccccc3)CC[C@H]2NC(=O)OCc2ccccc2)[C@H](O)[C@@H]1N(C)C(=O)OCc1ccccc1. The summed E-state index contributed by atoms with van der Waals surface area (Å²) in [5, 5.41) is 18.5. The third-order valence-corrected chi connectivity index (χ3v) is 10.3. The van der Waals surface area contributed by atoms with Crippen molar-refractivity contribution in [2.75, 3.05) is 20.7 Å². The molecule has 5 rings (SSSR count). The average Bonchev–Trinajstić information content (AvgIpc) is 3.23. The molecule has 1 saturated carbocycles. The third-order valence-electron chi connectivity index (χ3n) is 10.3. The van der Waals surface area contributed by atoms with E-state index in [1.807, 2.05) is 6.07 Å². The molecule has 0 unspecified atom stereocenters. The second-order valence-electron chi connectivity index (χ2n) is 14.1. The number of aliphatic hydroxyl groups excluding tert-OH is 1. The van der Waals surface area contributed by atoms with Crippen molar-refractivity contribution in [3.63, 3.8) is 0 Å². The van der Waals surface area contributed by atoms with Gasteiger partial charge in [0, 0.05) is 25.6 Å². The molecule has 1 heterocycles. The van der Waals surface area contributed by atoms with E-state index in [2.05, 4.69) is 15.3 Å². The van der Waals surface area contributed by atoms with Gasteiger partial charge in [-0.15, -0.1) is 0 Å². The monoisotopic (exact) mass is 812 g/mol. The molecule has 0 spiro atoms. The Bertz CT molecular complexity index is 1840. The number of benzene rings is 3. The number of methoxy groups -OCH3 is 1. The number of hydrogen-bond donors (Lipinski definition) is 2. The number of ether oxygens (including phenoxy) is 5. The van der Waals surface area contributed by atoms with Crippen LogP contribution in [-0.4, -0.2) is 109 Å². The van der Waals surface area contributed by atoms with Gasteiger partial charge in [-0.25, -0.2) is 9.59 Å². The number of alkyl carbamates (subject to hydrolysis) is 1. The first kappa shape index (κ1) is 43.7. The van der Waals surface area contributed by atoms with Gasteiger partial charge in [-0.05, 0) is 48.4 Å². The lowest BCUT2D eigenvalue weighted by Crippen LogP contribution is -2.65. The van der Waals surface area contributed by atoms with Crippen LogP contribution in [0.5, 0.6) is 0 Å². The smallest absolute Gasteiger partial charge is 0.445 e. The van der Waals surface area contributed by atoms with Gasteiger partial charge in [-0.1, -0.05) is 96.1 Å². The fraction of sp³-hybridized carbons (Fsp3) is 0.475. The molecular weight excluding hydrogens is 765 g/mol. The summed E-state index contributed by atoms with van der Waals surface area (Å²) in [5.74, 6) is -2.07. The van der Waals surface area contributed by atoms with Crippen molar-refractivity contribution in [2.45, 2.75) is 100 Å². The minimum absolute atomic E-state index is 0.0426.